The van der Waals surface area contributed by atoms with Gasteiger partial charge < -0.3 is 30.6 Å². The van der Waals surface area contributed by atoms with Crippen LogP contribution in [0, 0.1) is 17.6 Å². The van der Waals surface area contributed by atoms with Crippen LogP contribution in [0.3, 0.4) is 0 Å². The van der Waals surface area contributed by atoms with Gasteiger partial charge in [0.15, 0.2) is 0 Å². The lowest BCUT2D eigenvalue weighted by Gasteiger charge is -2.45. The molecule has 5 N–H and O–H groups in total. The van der Waals surface area contributed by atoms with Crippen LogP contribution in [-0.4, -0.2) is 102 Å². The third-order valence-corrected chi connectivity index (χ3v) is 14.6. The number of alkyl halides is 3. The first kappa shape index (κ1) is 42.5. The Hall–Kier alpha value is -4.17. The molecule has 8 rings (SSSR count). The molecule has 4 aliphatic heterocycles. The summed E-state index contributed by atoms with van der Waals surface area (Å²) in [5, 5.41) is 25.9. The number of hydrogen-bond acceptors (Lipinski definition) is 11. The van der Waals surface area contributed by atoms with Crippen LogP contribution < -0.4 is 25.2 Å². The third kappa shape index (κ3) is 8.91. The Bertz CT molecular complexity index is 2190. The number of halogens is 5. The highest BCUT2D eigenvalue weighted by atomic mass is 32.2. The first-order valence-electron chi connectivity index (χ1n) is 20.7. The number of anilines is 4. The molecule has 2 aromatic carbocycles. The fourth-order valence-electron chi connectivity index (χ4n) is 9.80. The second kappa shape index (κ2) is 16.3. The highest BCUT2D eigenvalue weighted by molar-refractivity contribution is 7.89. The quantitative estimate of drug-likeness (QED) is 0.167. The summed E-state index contributed by atoms with van der Waals surface area (Å²) in [6.45, 7) is 4.63. The van der Waals surface area contributed by atoms with Gasteiger partial charge in [0.2, 0.25) is 21.9 Å². The number of hydrogen-bond donors (Lipinski definition) is 5. The number of piperidine rings is 4. The number of sulfonamides is 1. The molecule has 0 bridgehead atoms. The highest BCUT2D eigenvalue weighted by Crippen LogP contribution is 2.52. The van der Waals surface area contributed by atoms with Crippen molar-refractivity contribution in [2.45, 2.75) is 112 Å². The molecule has 1 aromatic heterocycles. The normalized spacial score (nSPS) is 25.9. The van der Waals surface area contributed by atoms with Crippen LogP contribution >= 0.6 is 0 Å². The number of aliphatic hydroxyl groups excluding tert-OH is 1. The van der Waals surface area contributed by atoms with E-state index >= 15 is 8.78 Å². The number of aliphatic hydroxyl groups is 2. The Labute approximate surface area is 345 Å². The molecule has 1 aliphatic carbocycles. The molecule has 5 fully saturated rings. The predicted molar refractivity (Wildman–Crippen MR) is 213 cm³/mol. The van der Waals surface area contributed by atoms with Gasteiger partial charge in [-0.25, -0.2) is 26.9 Å². The number of rotatable bonds is 10. The van der Waals surface area contributed by atoms with Gasteiger partial charge in [-0.3, -0.25) is 9.69 Å². The van der Waals surface area contributed by atoms with Crippen molar-refractivity contribution in [3.05, 3.63) is 65.4 Å². The van der Waals surface area contributed by atoms with Crippen molar-refractivity contribution in [2.75, 3.05) is 54.4 Å². The Kier molecular flexibility index (Phi) is 11.5. The molecule has 5 heterocycles. The lowest BCUT2D eigenvalue weighted by Crippen LogP contribution is -2.53. The number of benzene rings is 2. The second-order valence-electron chi connectivity index (χ2n) is 17.3. The van der Waals surface area contributed by atoms with Gasteiger partial charge in [-0.15, -0.1) is 0 Å². The van der Waals surface area contributed by atoms with Crippen molar-refractivity contribution in [3.63, 3.8) is 0 Å². The summed E-state index contributed by atoms with van der Waals surface area (Å²) >= 11 is 0. The molecule has 1 amide bonds. The number of carbonyl (C=O) groups is 1. The van der Waals surface area contributed by atoms with Gasteiger partial charge in [-0.05, 0) is 107 Å². The summed E-state index contributed by atoms with van der Waals surface area (Å²) in [4.78, 5) is 25.1. The smallest absolute Gasteiger partial charge is 0.388 e. The van der Waals surface area contributed by atoms with Gasteiger partial charge in [-0.1, -0.05) is 6.07 Å². The van der Waals surface area contributed by atoms with E-state index in [2.05, 4.69) is 35.1 Å². The summed E-state index contributed by atoms with van der Waals surface area (Å²) in [6.07, 6.45) is 1.37. The third-order valence-electron chi connectivity index (χ3n) is 13.1. The molecular weight excluding hydrogens is 812 g/mol. The minimum atomic E-state index is -4.77. The predicted octanol–water partition coefficient (Wildman–Crippen LogP) is 5.37. The fourth-order valence-corrected chi connectivity index (χ4v) is 11.1. The Morgan fingerprint density at radius 2 is 1.65 bits per heavy atom. The second-order valence-corrected chi connectivity index (χ2v) is 19.0. The monoisotopic (exact) mass is 862 g/mol. The molecule has 13 nitrogen and oxygen atoms in total. The number of β-amino-alcohol motifs (C(OH)–C–C–N with tert-alkyl or cyclic N) is 1. The lowest BCUT2D eigenvalue weighted by molar-refractivity contribution is -0.137. The van der Waals surface area contributed by atoms with E-state index in [0.29, 0.717) is 62.9 Å². The number of carbonyl (C=O) groups excluding carboxylic acids is 1. The van der Waals surface area contributed by atoms with Crippen LogP contribution in [0.2, 0.25) is 0 Å². The van der Waals surface area contributed by atoms with Gasteiger partial charge in [0, 0.05) is 75.1 Å². The van der Waals surface area contributed by atoms with E-state index in [4.69, 9.17) is 0 Å². The van der Waals surface area contributed by atoms with Gasteiger partial charge in [-0.2, -0.15) is 18.2 Å². The first-order valence-corrected chi connectivity index (χ1v) is 22.2. The molecule has 60 heavy (non-hydrogen) atoms. The Morgan fingerprint density at radius 3 is 2.28 bits per heavy atom. The van der Waals surface area contributed by atoms with E-state index in [1.54, 1.807) is 6.07 Å². The van der Waals surface area contributed by atoms with Crippen LogP contribution in [0.1, 0.15) is 88.2 Å². The number of likely N-dealkylation sites (tertiary alicyclic amines) is 1. The summed E-state index contributed by atoms with van der Waals surface area (Å²) < 4.78 is 102. The number of nitrogens with zero attached hydrogens (tertiary/aromatic N) is 5. The zero-order valence-corrected chi connectivity index (χ0v) is 34.1. The molecule has 0 radical (unpaired) electrons. The van der Waals surface area contributed by atoms with Crippen molar-refractivity contribution >= 4 is 39.1 Å². The maximum atomic E-state index is 15.4. The minimum Gasteiger partial charge on any atom is -0.388 e. The number of nitrogens with one attached hydrogen (secondary N) is 3. The standard InChI is InChI=1S/C41H51F5N8O5S/c1-39(57)13-2-16-53(24-39)36-31(41(44,45)46)23-47-38(50-36)48-34-7-4-28(22-33(34)43)60(58,59)51-26-11-19-54(20-12-26)40(14-15-40)25-9-17-52(18-10-25)27-3-5-29(32(42)21-27)30-6-8-35(55)49-37(30)56/h3-5,7,21-23,25-26,30,37,51,56-57H,2,6,8-20,24H2,1H3,(H,49,55)(H,47,48,50)/t30?,37?,39-/m0/s1. The molecule has 1 saturated carbocycles. The van der Waals surface area contributed by atoms with Gasteiger partial charge in [0.25, 0.3) is 0 Å². The fraction of sp³-hybridized carbons (Fsp3) is 0.585. The molecular formula is C41H51F5N8O5S. The SMILES string of the molecule is C[C@]1(O)CCCN(c2nc(Nc3ccc(S(=O)(=O)NC4CCN(C5(C6CCN(c7ccc(C8CCC(=O)NC8O)c(F)c7)CC6)CC5)CC4)cc3F)ncc2C(F)(F)F)C1. The molecule has 2 unspecified atom stereocenters. The summed E-state index contributed by atoms with van der Waals surface area (Å²) in [7, 11) is -4.12. The molecule has 326 valence electrons. The number of amides is 1. The molecule has 3 atom stereocenters. The van der Waals surface area contributed by atoms with E-state index in [1.165, 1.54) is 30.0 Å². The van der Waals surface area contributed by atoms with Crippen LogP contribution in [0.15, 0.2) is 47.5 Å². The number of aromatic nitrogens is 2. The van der Waals surface area contributed by atoms with E-state index < -0.39 is 57.0 Å². The summed E-state index contributed by atoms with van der Waals surface area (Å²) in [5.74, 6) is -2.40. The van der Waals surface area contributed by atoms with E-state index in [0.717, 1.165) is 50.5 Å². The zero-order chi connectivity index (χ0) is 42.6. The minimum absolute atomic E-state index is 0.0588. The maximum Gasteiger partial charge on any atom is 0.421 e. The van der Waals surface area contributed by atoms with Crippen LogP contribution in [0.25, 0.3) is 0 Å². The van der Waals surface area contributed by atoms with Crippen molar-refractivity contribution in [1.82, 2.24) is 24.9 Å². The summed E-state index contributed by atoms with van der Waals surface area (Å²) in [6, 6.07) is 8.01. The van der Waals surface area contributed by atoms with E-state index in [1.807, 2.05) is 6.07 Å². The zero-order valence-electron chi connectivity index (χ0n) is 33.3. The van der Waals surface area contributed by atoms with Crippen LogP contribution in [0.5, 0.6) is 0 Å². The van der Waals surface area contributed by atoms with Crippen molar-refractivity contribution in [3.8, 4) is 0 Å². The largest absolute Gasteiger partial charge is 0.421 e. The van der Waals surface area contributed by atoms with Crippen molar-refractivity contribution in [1.29, 1.82) is 0 Å². The topological polar surface area (TPSA) is 163 Å². The summed E-state index contributed by atoms with van der Waals surface area (Å²) in [5.41, 5.74) is -1.29. The van der Waals surface area contributed by atoms with Crippen LogP contribution in [-0.2, 0) is 21.0 Å². The van der Waals surface area contributed by atoms with Gasteiger partial charge in [0.1, 0.15) is 29.2 Å². The molecule has 4 saturated heterocycles. The molecule has 3 aromatic rings. The van der Waals surface area contributed by atoms with Crippen molar-refractivity contribution < 1.29 is 45.4 Å². The van der Waals surface area contributed by atoms with Gasteiger partial charge in [0.05, 0.1) is 16.2 Å². The average molecular weight is 863 g/mol. The van der Waals surface area contributed by atoms with Crippen LogP contribution in [0.4, 0.5) is 45.1 Å². The van der Waals surface area contributed by atoms with E-state index in [-0.39, 0.29) is 53.5 Å². The highest BCUT2D eigenvalue weighted by Gasteiger charge is 2.54. The first-order chi connectivity index (χ1) is 28.4. The average Bonchev–Trinajstić information content (AvgIpc) is 4.01. The molecule has 0 spiro atoms. The Balaban J connectivity index is 0.846. The Morgan fingerprint density at radius 1 is 0.917 bits per heavy atom. The van der Waals surface area contributed by atoms with Crippen molar-refractivity contribution in [2.24, 2.45) is 5.92 Å². The molecule has 5 aliphatic rings. The maximum absolute atomic E-state index is 15.4. The molecule has 19 heteroatoms. The lowest BCUT2D eigenvalue weighted by atomic mass is 9.84. The van der Waals surface area contributed by atoms with E-state index in [9.17, 15) is 36.6 Å². The van der Waals surface area contributed by atoms with Gasteiger partial charge >= 0.3 is 6.18 Å².